The highest BCUT2D eigenvalue weighted by Gasteiger charge is 2.44. The fourth-order valence-electron chi connectivity index (χ4n) is 4.25. The SMILES string of the molecule is COC(=O)[C@@H]1C[C@@H](S(C)(=O)=O)CN1C(=O)CNC(=O)c1ccc2c(c1)S(=O)(=O)c1ccccc1-2. The topological polar surface area (TPSA) is 144 Å². The maximum Gasteiger partial charge on any atom is 0.328 e. The number of ether oxygens (including phenoxy) is 1. The lowest BCUT2D eigenvalue weighted by atomic mass is 10.0. The number of nitrogens with zero attached hydrogens (tertiary/aromatic N) is 1. The van der Waals surface area contributed by atoms with Gasteiger partial charge in [-0.05, 0) is 24.6 Å². The van der Waals surface area contributed by atoms with Crippen LogP contribution in [0.2, 0.25) is 0 Å². The molecule has 0 bridgehead atoms. The molecule has 2 atom stereocenters. The Hall–Kier alpha value is -3.25. The van der Waals surface area contributed by atoms with Crippen molar-refractivity contribution in [1.29, 1.82) is 0 Å². The van der Waals surface area contributed by atoms with E-state index in [-0.39, 0.29) is 28.3 Å². The number of sulfone groups is 2. The van der Waals surface area contributed by atoms with E-state index in [1.54, 1.807) is 24.3 Å². The Kier molecular flexibility index (Phi) is 5.98. The van der Waals surface area contributed by atoms with E-state index in [9.17, 15) is 31.2 Å². The molecule has 0 aliphatic carbocycles. The molecule has 0 unspecified atom stereocenters. The van der Waals surface area contributed by atoms with Gasteiger partial charge in [-0.25, -0.2) is 21.6 Å². The normalized spacial score (nSPS) is 20.4. The molecule has 4 rings (SSSR count). The Bertz CT molecular complexity index is 1420. The summed E-state index contributed by atoms with van der Waals surface area (Å²) in [6, 6.07) is 9.73. The van der Waals surface area contributed by atoms with Gasteiger partial charge in [0.2, 0.25) is 15.7 Å². The third-order valence-corrected chi connectivity index (χ3v) is 9.47. The lowest BCUT2D eigenvalue weighted by Crippen LogP contribution is -2.46. The van der Waals surface area contributed by atoms with Crippen molar-refractivity contribution >= 4 is 37.5 Å². The smallest absolute Gasteiger partial charge is 0.328 e. The molecule has 12 heteroatoms. The van der Waals surface area contributed by atoms with Gasteiger partial charge in [0.15, 0.2) is 9.84 Å². The number of likely N-dealkylation sites (tertiary alicyclic amines) is 1. The summed E-state index contributed by atoms with van der Waals surface area (Å²) < 4.78 is 54.2. The molecular weight excluding hydrogens is 484 g/mol. The first-order valence-corrected chi connectivity index (χ1v) is 13.7. The van der Waals surface area contributed by atoms with Crippen LogP contribution in [0.4, 0.5) is 0 Å². The lowest BCUT2D eigenvalue weighted by Gasteiger charge is -2.22. The third-order valence-electron chi connectivity index (χ3n) is 6.06. The predicted octanol–water partition coefficient (Wildman–Crippen LogP) is 0.417. The maximum atomic E-state index is 12.8. The van der Waals surface area contributed by atoms with Crippen molar-refractivity contribution in [3.63, 3.8) is 0 Å². The number of carbonyl (C=O) groups is 3. The third kappa shape index (κ3) is 4.07. The van der Waals surface area contributed by atoms with Crippen LogP contribution in [-0.4, -0.2) is 77.3 Å². The number of hydrogen-bond donors (Lipinski definition) is 1. The molecular formula is C22H22N2O8S2. The number of rotatable bonds is 5. The molecule has 34 heavy (non-hydrogen) atoms. The van der Waals surface area contributed by atoms with Crippen molar-refractivity contribution in [3.05, 3.63) is 48.0 Å². The van der Waals surface area contributed by atoms with Gasteiger partial charge in [0, 0.05) is 29.5 Å². The molecule has 2 aromatic rings. The molecule has 2 aliphatic heterocycles. The summed E-state index contributed by atoms with van der Waals surface area (Å²) in [4.78, 5) is 38.7. The van der Waals surface area contributed by atoms with Crippen molar-refractivity contribution in [3.8, 4) is 11.1 Å². The molecule has 2 amide bonds. The number of fused-ring (bicyclic) bond motifs is 3. The average molecular weight is 507 g/mol. The maximum absolute atomic E-state index is 12.8. The number of esters is 1. The van der Waals surface area contributed by atoms with Gasteiger partial charge in [-0.15, -0.1) is 0 Å². The Balaban J connectivity index is 1.50. The summed E-state index contributed by atoms with van der Waals surface area (Å²) >= 11 is 0. The molecule has 1 fully saturated rings. The first-order valence-electron chi connectivity index (χ1n) is 10.3. The monoisotopic (exact) mass is 506 g/mol. The molecule has 0 spiro atoms. The van der Waals surface area contributed by atoms with Crippen LogP contribution in [0, 0.1) is 0 Å². The van der Waals surface area contributed by atoms with E-state index in [2.05, 4.69) is 10.1 Å². The minimum atomic E-state index is -3.77. The number of benzene rings is 2. The highest BCUT2D eigenvalue weighted by molar-refractivity contribution is 7.92. The quantitative estimate of drug-likeness (QED) is 0.490. The van der Waals surface area contributed by atoms with Crippen molar-refractivity contribution in [2.24, 2.45) is 0 Å². The van der Waals surface area contributed by atoms with Gasteiger partial charge in [-0.3, -0.25) is 9.59 Å². The van der Waals surface area contributed by atoms with Crippen molar-refractivity contribution in [1.82, 2.24) is 10.2 Å². The molecule has 10 nitrogen and oxygen atoms in total. The number of hydrogen-bond acceptors (Lipinski definition) is 8. The molecule has 1 N–H and O–H groups in total. The van der Waals surface area contributed by atoms with Gasteiger partial charge in [-0.1, -0.05) is 24.3 Å². The van der Waals surface area contributed by atoms with Crippen LogP contribution in [0.1, 0.15) is 16.8 Å². The Morgan fingerprint density at radius 2 is 1.76 bits per heavy atom. The zero-order chi connectivity index (χ0) is 24.8. The van der Waals surface area contributed by atoms with Gasteiger partial charge < -0.3 is 15.0 Å². The zero-order valence-corrected chi connectivity index (χ0v) is 20.0. The number of carbonyl (C=O) groups excluding carboxylic acids is 3. The van der Waals surface area contributed by atoms with E-state index >= 15 is 0 Å². The minimum Gasteiger partial charge on any atom is -0.467 e. The molecule has 2 aliphatic rings. The first kappa shape index (κ1) is 23.9. The van der Waals surface area contributed by atoms with Gasteiger partial charge >= 0.3 is 5.97 Å². The molecule has 0 aromatic heterocycles. The molecule has 180 valence electrons. The largest absolute Gasteiger partial charge is 0.467 e. The van der Waals surface area contributed by atoms with Crippen LogP contribution in [0.15, 0.2) is 52.3 Å². The van der Waals surface area contributed by atoms with Gasteiger partial charge in [-0.2, -0.15) is 0 Å². The van der Waals surface area contributed by atoms with Crippen molar-refractivity contribution < 1.29 is 36.0 Å². The van der Waals surface area contributed by atoms with Gasteiger partial charge in [0.05, 0.1) is 28.7 Å². The summed E-state index contributed by atoms with van der Waals surface area (Å²) in [5.74, 6) is -2.08. The minimum absolute atomic E-state index is 0.00830. The molecule has 1 saturated heterocycles. The number of methoxy groups -OCH3 is 1. The zero-order valence-electron chi connectivity index (χ0n) is 18.3. The summed E-state index contributed by atoms with van der Waals surface area (Å²) in [7, 11) is -6.13. The Morgan fingerprint density at radius 1 is 1.09 bits per heavy atom. The summed E-state index contributed by atoms with van der Waals surface area (Å²) in [5.41, 5.74) is 1.10. The van der Waals surface area contributed by atoms with Crippen molar-refractivity contribution in [2.75, 3.05) is 26.5 Å². The van der Waals surface area contributed by atoms with E-state index < -0.39 is 55.3 Å². The predicted molar refractivity (Wildman–Crippen MR) is 120 cm³/mol. The second-order valence-electron chi connectivity index (χ2n) is 8.17. The molecule has 0 saturated carbocycles. The van der Waals surface area contributed by atoms with Crippen LogP contribution in [0.5, 0.6) is 0 Å². The van der Waals surface area contributed by atoms with Crippen molar-refractivity contribution in [2.45, 2.75) is 27.5 Å². The standard InChI is InChI=1S/C22H22N2O8S2/c1-32-22(27)17-10-14(33(2,28)29)12-24(17)20(25)11-23-21(26)13-7-8-16-15-5-3-4-6-18(15)34(30,31)19(16)9-13/h3-9,14,17H,10-12H2,1-2H3,(H,23,26)/t14-,17+/m1/s1. The summed E-state index contributed by atoms with van der Waals surface area (Å²) in [6.07, 6.45) is 0.941. The first-order chi connectivity index (χ1) is 15.9. The Labute approximate surface area is 196 Å². The fourth-order valence-corrected chi connectivity index (χ4v) is 6.93. The number of nitrogens with one attached hydrogen (secondary N) is 1. The van der Waals surface area contributed by atoms with Gasteiger partial charge in [0.1, 0.15) is 6.04 Å². The summed E-state index contributed by atoms with van der Waals surface area (Å²) in [5, 5.41) is 1.50. The highest BCUT2D eigenvalue weighted by Crippen LogP contribution is 2.43. The Morgan fingerprint density at radius 3 is 2.44 bits per heavy atom. The van der Waals surface area contributed by atoms with Crippen LogP contribution < -0.4 is 5.32 Å². The summed E-state index contributed by atoms with van der Waals surface area (Å²) in [6.45, 7) is -0.699. The van der Waals surface area contributed by atoms with E-state index in [1.807, 2.05) is 0 Å². The number of amides is 2. The van der Waals surface area contributed by atoms with Crippen LogP contribution in [0.3, 0.4) is 0 Å². The van der Waals surface area contributed by atoms with Gasteiger partial charge in [0.25, 0.3) is 5.91 Å². The van der Waals surface area contributed by atoms with E-state index in [4.69, 9.17) is 0 Å². The molecule has 2 aromatic carbocycles. The highest BCUT2D eigenvalue weighted by atomic mass is 32.2. The fraction of sp³-hybridized carbons (Fsp3) is 0.318. The van der Waals surface area contributed by atoms with Crippen LogP contribution in [0.25, 0.3) is 11.1 Å². The second-order valence-corrected chi connectivity index (χ2v) is 12.4. The van der Waals surface area contributed by atoms with E-state index in [0.29, 0.717) is 11.1 Å². The molecule has 2 heterocycles. The van der Waals surface area contributed by atoms with E-state index in [0.717, 1.165) is 18.3 Å². The van der Waals surface area contributed by atoms with E-state index in [1.165, 1.54) is 18.2 Å². The lowest BCUT2D eigenvalue weighted by molar-refractivity contribution is -0.150. The van der Waals surface area contributed by atoms with Crippen LogP contribution in [-0.2, 0) is 34.0 Å². The molecule has 0 radical (unpaired) electrons. The second kappa shape index (κ2) is 8.51. The van der Waals surface area contributed by atoms with Crippen LogP contribution >= 0.6 is 0 Å². The average Bonchev–Trinajstić information content (AvgIpc) is 3.35.